The van der Waals surface area contributed by atoms with E-state index in [4.69, 9.17) is 11.6 Å². The molecule has 0 spiro atoms. The van der Waals surface area contributed by atoms with Gasteiger partial charge >= 0.3 is 0 Å². The molecule has 2 aromatic carbocycles. The van der Waals surface area contributed by atoms with E-state index in [1.807, 2.05) is 64.1 Å². The number of carbonyl (C=O) groups is 2. The van der Waals surface area contributed by atoms with E-state index in [-0.39, 0.29) is 24.3 Å². The van der Waals surface area contributed by atoms with E-state index in [9.17, 15) is 9.59 Å². The van der Waals surface area contributed by atoms with Gasteiger partial charge in [0.25, 0.3) is 0 Å². The Bertz CT molecular complexity index is 803. The van der Waals surface area contributed by atoms with Crippen LogP contribution in [-0.4, -0.2) is 28.8 Å². The molecule has 0 saturated heterocycles. The minimum atomic E-state index is -0.519. The Labute approximate surface area is 172 Å². The molecular weight excluding hydrogens is 372 g/mol. The van der Waals surface area contributed by atoms with Gasteiger partial charge in [0.15, 0.2) is 0 Å². The fourth-order valence-electron chi connectivity index (χ4n) is 3.16. The summed E-state index contributed by atoms with van der Waals surface area (Å²) in [5, 5.41) is 3.59. The number of hydrogen-bond acceptors (Lipinski definition) is 2. The van der Waals surface area contributed by atoms with Crippen molar-refractivity contribution in [3.63, 3.8) is 0 Å². The molecule has 28 heavy (non-hydrogen) atoms. The van der Waals surface area contributed by atoms with E-state index in [2.05, 4.69) is 5.32 Å². The second-order valence-corrected chi connectivity index (χ2v) is 7.78. The number of halogens is 1. The van der Waals surface area contributed by atoms with Gasteiger partial charge in [0.1, 0.15) is 6.04 Å². The second kappa shape index (κ2) is 10.3. The molecule has 0 heterocycles. The summed E-state index contributed by atoms with van der Waals surface area (Å²) in [5.74, 6) is -0.181. The average molecular weight is 401 g/mol. The van der Waals surface area contributed by atoms with E-state index in [0.717, 1.165) is 16.7 Å². The zero-order valence-corrected chi connectivity index (χ0v) is 17.8. The van der Waals surface area contributed by atoms with Crippen LogP contribution in [0.2, 0.25) is 5.02 Å². The molecule has 2 amide bonds. The molecule has 4 nitrogen and oxygen atoms in total. The molecular formula is C23H29ClN2O2. The molecule has 0 aliphatic rings. The van der Waals surface area contributed by atoms with Gasteiger partial charge < -0.3 is 10.2 Å². The summed E-state index contributed by atoms with van der Waals surface area (Å²) in [7, 11) is 0. The number of aryl methyl sites for hydroxylation is 1. The van der Waals surface area contributed by atoms with Crippen molar-refractivity contribution in [3.05, 3.63) is 70.2 Å². The Hall–Kier alpha value is -2.33. The summed E-state index contributed by atoms with van der Waals surface area (Å²) in [5.41, 5.74) is 2.99. The fourth-order valence-corrected chi connectivity index (χ4v) is 3.29. The predicted molar refractivity (Wildman–Crippen MR) is 114 cm³/mol. The van der Waals surface area contributed by atoms with Crippen LogP contribution in [0.4, 0.5) is 0 Å². The molecule has 0 fully saturated rings. The van der Waals surface area contributed by atoms with Gasteiger partial charge in [-0.25, -0.2) is 0 Å². The Morgan fingerprint density at radius 2 is 1.71 bits per heavy atom. The van der Waals surface area contributed by atoms with E-state index in [1.54, 1.807) is 17.0 Å². The van der Waals surface area contributed by atoms with Crippen LogP contribution >= 0.6 is 11.6 Å². The molecule has 0 radical (unpaired) electrons. The molecule has 0 aliphatic carbocycles. The van der Waals surface area contributed by atoms with Crippen LogP contribution < -0.4 is 5.32 Å². The quantitative estimate of drug-likeness (QED) is 0.708. The van der Waals surface area contributed by atoms with Crippen LogP contribution in [0.3, 0.4) is 0 Å². The van der Waals surface area contributed by atoms with Gasteiger partial charge in [-0.3, -0.25) is 9.59 Å². The Kier molecular flexibility index (Phi) is 8.06. The first-order chi connectivity index (χ1) is 13.3. The lowest BCUT2D eigenvalue weighted by molar-refractivity contribution is -0.141. The van der Waals surface area contributed by atoms with Gasteiger partial charge in [0, 0.05) is 17.6 Å². The maximum atomic E-state index is 13.2. The van der Waals surface area contributed by atoms with E-state index < -0.39 is 6.04 Å². The Morgan fingerprint density at radius 1 is 1.07 bits per heavy atom. The van der Waals surface area contributed by atoms with E-state index in [0.29, 0.717) is 18.0 Å². The summed E-state index contributed by atoms with van der Waals surface area (Å²) in [6.07, 6.45) is 0.817. The second-order valence-electron chi connectivity index (χ2n) is 7.34. The molecule has 2 aromatic rings. The van der Waals surface area contributed by atoms with Crippen molar-refractivity contribution in [3.8, 4) is 0 Å². The highest BCUT2D eigenvalue weighted by molar-refractivity contribution is 6.30. The highest BCUT2D eigenvalue weighted by atomic mass is 35.5. The van der Waals surface area contributed by atoms with Crippen LogP contribution in [0.5, 0.6) is 0 Å². The van der Waals surface area contributed by atoms with Gasteiger partial charge in [-0.05, 0) is 56.0 Å². The van der Waals surface area contributed by atoms with Crippen LogP contribution in [0.1, 0.15) is 43.9 Å². The van der Waals surface area contributed by atoms with Crippen LogP contribution in [0.15, 0.2) is 48.5 Å². The van der Waals surface area contributed by atoms with Crippen molar-refractivity contribution >= 4 is 23.4 Å². The highest BCUT2D eigenvalue weighted by Crippen LogP contribution is 2.18. The summed E-state index contributed by atoms with van der Waals surface area (Å²) >= 11 is 5.99. The summed E-state index contributed by atoms with van der Waals surface area (Å²) in [4.78, 5) is 27.7. The summed E-state index contributed by atoms with van der Waals surface area (Å²) in [6.45, 7) is 8.13. The number of nitrogens with one attached hydrogen (secondary N) is 1. The lowest BCUT2D eigenvalue weighted by atomic mass is 10.0. The molecule has 1 atom stereocenters. The fraction of sp³-hybridized carbons (Fsp3) is 0.391. The number of benzene rings is 2. The maximum Gasteiger partial charge on any atom is 0.243 e. The maximum absolute atomic E-state index is 13.2. The predicted octanol–water partition coefficient (Wildman–Crippen LogP) is 4.52. The van der Waals surface area contributed by atoms with Crippen molar-refractivity contribution < 1.29 is 9.59 Å². The van der Waals surface area contributed by atoms with Crippen LogP contribution in [0, 0.1) is 6.92 Å². The van der Waals surface area contributed by atoms with Gasteiger partial charge in [-0.15, -0.1) is 0 Å². The first-order valence-corrected chi connectivity index (χ1v) is 10.1. The third-order valence-electron chi connectivity index (χ3n) is 4.69. The zero-order valence-electron chi connectivity index (χ0n) is 17.0. The van der Waals surface area contributed by atoms with Crippen LogP contribution in [-0.2, 0) is 22.6 Å². The number of nitrogens with zero attached hydrogens (tertiary/aromatic N) is 1. The minimum absolute atomic E-state index is 0.0189. The van der Waals surface area contributed by atoms with Gasteiger partial charge in [-0.1, -0.05) is 54.9 Å². The molecule has 150 valence electrons. The first kappa shape index (κ1) is 22.0. The van der Waals surface area contributed by atoms with Crippen molar-refractivity contribution in [2.75, 3.05) is 0 Å². The lowest BCUT2D eigenvalue weighted by Gasteiger charge is -2.31. The number of rotatable bonds is 8. The zero-order chi connectivity index (χ0) is 20.7. The molecule has 0 saturated carbocycles. The topological polar surface area (TPSA) is 49.4 Å². The SMILES string of the molecule is CC[C@H](C(=O)NC(C)C)N(Cc1ccc(Cl)cc1)C(=O)Cc1ccccc1C. The highest BCUT2D eigenvalue weighted by Gasteiger charge is 2.29. The molecule has 0 aromatic heterocycles. The van der Waals surface area contributed by atoms with Gasteiger partial charge in [-0.2, -0.15) is 0 Å². The third-order valence-corrected chi connectivity index (χ3v) is 4.94. The smallest absolute Gasteiger partial charge is 0.243 e. The lowest BCUT2D eigenvalue weighted by Crippen LogP contribution is -2.50. The minimum Gasteiger partial charge on any atom is -0.352 e. The van der Waals surface area contributed by atoms with Crippen molar-refractivity contribution in [1.29, 1.82) is 0 Å². The van der Waals surface area contributed by atoms with E-state index >= 15 is 0 Å². The monoisotopic (exact) mass is 400 g/mol. The standard InChI is InChI=1S/C23H29ClN2O2/c1-5-21(23(28)25-16(2)3)26(15-18-10-12-20(24)13-11-18)22(27)14-19-9-7-6-8-17(19)4/h6-13,16,21H,5,14-15H2,1-4H3,(H,25,28)/t21-/m1/s1. The van der Waals surface area contributed by atoms with Crippen molar-refractivity contribution in [2.45, 2.75) is 59.2 Å². The molecule has 5 heteroatoms. The summed E-state index contributed by atoms with van der Waals surface area (Å²) in [6, 6.07) is 14.7. The molecule has 0 bridgehead atoms. The van der Waals surface area contributed by atoms with Crippen molar-refractivity contribution in [2.24, 2.45) is 0 Å². The van der Waals surface area contributed by atoms with Gasteiger partial charge in [0.2, 0.25) is 11.8 Å². The average Bonchev–Trinajstić information content (AvgIpc) is 2.64. The Balaban J connectivity index is 2.30. The largest absolute Gasteiger partial charge is 0.352 e. The first-order valence-electron chi connectivity index (χ1n) is 9.70. The summed E-state index contributed by atoms with van der Waals surface area (Å²) < 4.78 is 0. The molecule has 2 rings (SSSR count). The normalized spacial score (nSPS) is 11.9. The third kappa shape index (κ3) is 6.10. The van der Waals surface area contributed by atoms with Crippen molar-refractivity contribution in [1.82, 2.24) is 10.2 Å². The number of carbonyl (C=O) groups excluding carboxylic acids is 2. The van der Waals surface area contributed by atoms with E-state index in [1.165, 1.54) is 0 Å². The Morgan fingerprint density at radius 3 is 2.29 bits per heavy atom. The number of amides is 2. The number of hydrogen-bond donors (Lipinski definition) is 1. The van der Waals surface area contributed by atoms with Crippen LogP contribution in [0.25, 0.3) is 0 Å². The molecule has 0 aliphatic heterocycles. The molecule has 1 N–H and O–H groups in total. The van der Waals surface area contributed by atoms with Gasteiger partial charge in [0.05, 0.1) is 6.42 Å². The molecule has 0 unspecified atom stereocenters.